The SMILES string of the molecule is O=C1CN(C(=O)CN2CCN(c3ccccc3Cl)CC2)CCN1. The maximum absolute atomic E-state index is 12.3. The number of hydrogen-bond donors (Lipinski definition) is 1. The first-order valence-electron chi connectivity index (χ1n) is 7.90. The molecule has 2 saturated heterocycles. The number of anilines is 1. The number of nitrogens with zero attached hydrogens (tertiary/aromatic N) is 3. The topological polar surface area (TPSA) is 55.9 Å². The molecule has 0 aromatic heterocycles. The molecule has 2 fully saturated rings. The van der Waals surface area contributed by atoms with Crippen LogP contribution in [-0.4, -0.2) is 74.0 Å². The molecular formula is C16H21ClN4O2. The summed E-state index contributed by atoms with van der Waals surface area (Å²) >= 11 is 6.24. The lowest BCUT2D eigenvalue weighted by atomic mass is 10.2. The Bertz CT molecular complexity index is 587. The van der Waals surface area contributed by atoms with Crippen molar-refractivity contribution in [1.29, 1.82) is 0 Å². The Morgan fingerprint density at radius 1 is 1.13 bits per heavy atom. The van der Waals surface area contributed by atoms with Crippen LogP contribution in [0.5, 0.6) is 0 Å². The van der Waals surface area contributed by atoms with Gasteiger partial charge in [0.15, 0.2) is 0 Å². The van der Waals surface area contributed by atoms with Gasteiger partial charge in [-0.2, -0.15) is 0 Å². The van der Waals surface area contributed by atoms with Crippen molar-refractivity contribution in [2.75, 3.05) is 57.3 Å². The van der Waals surface area contributed by atoms with Crippen molar-refractivity contribution < 1.29 is 9.59 Å². The van der Waals surface area contributed by atoms with Crippen LogP contribution in [0.1, 0.15) is 0 Å². The molecule has 0 unspecified atom stereocenters. The Morgan fingerprint density at radius 2 is 1.87 bits per heavy atom. The first-order chi connectivity index (χ1) is 11.1. The smallest absolute Gasteiger partial charge is 0.239 e. The predicted molar refractivity (Wildman–Crippen MR) is 89.7 cm³/mol. The van der Waals surface area contributed by atoms with Crippen molar-refractivity contribution >= 4 is 29.1 Å². The quantitative estimate of drug-likeness (QED) is 0.869. The molecular weight excluding hydrogens is 316 g/mol. The molecule has 6 nitrogen and oxygen atoms in total. The van der Waals surface area contributed by atoms with E-state index >= 15 is 0 Å². The second-order valence-electron chi connectivity index (χ2n) is 5.88. The highest BCUT2D eigenvalue weighted by Gasteiger charge is 2.25. The highest BCUT2D eigenvalue weighted by atomic mass is 35.5. The summed E-state index contributed by atoms with van der Waals surface area (Å²) in [4.78, 5) is 29.7. The summed E-state index contributed by atoms with van der Waals surface area (Å²) in [5, 5.41) is 3.49. The van der Waals surface area contributed by atoms with Crippen molar-refractivity contribution in [3.05, 3.63) is 29.3 Å². The molecule has 23 heavy (non-hydrogen) atoms. The molecule has 2 amide bonds. The molecule has 1 aromatic carbocycles. The van der Waals surface area contributed by atoms with Crippen molar-refractivity contribution in [2.24, 2.45) is 0 Å². The van der Waals surface area contributed by atoms with Gasteiger partial charge in [0, 0.05) is 39.3 Å². The summed E-state index contributed by atoms with van der Waals surface area (Å²) in [6, 6.07) is 7.83. The monoisotopic (exact) mass is 336 g/mol. The van der Waals surface area contributed by atoms with Crippen LogP contribution in [0.15, 0.2) is 24.3 Å². The van der Waals surface area contributed by atoms with E-state index in [9.17, 15) is 9.59 Å². The fourth-order valence-electron chi connectivity index (χ4n) is 3.00. The van der Waals surface area contributed by atoms with Gasteiger partial charge in [-0.25, -0.2) is 0 Å². The second kappa shape index (κ2) is 7.19. The minimum Gasteiger partial charge on any atom is -0.368 e. The molecule has 0 atom stereocenters. The van der Waals surface area contributed by atoms with Crippen LogP contribution in [0, 0.1) is 0 Å². The first-order valence-corrected chi connectivity index (χ1v) is 8.27. The lowest BCUT2D eigenvalue weighted by molar-refractivity contribution is -0.139. The van der Waals surface area contributed by atoms with Gasteiger partial charge in [-0.15, -0.1) is 0 Å². The molecule has 2 heterocycles. The van der Waals surface area contributed by atoms with Gasteiger partial charge in [0.05, 0.1) is 23.8 Å². The zero-order valence-corrected chi connectivity index (χ0v) is 13.8. The number of halogens is 1. The molecule has 0 bridgehead atoms. The number of piperazine rings is 2. The zero-order valence-electron chi connectivity index (χ0n) is 13.0. The number of hydrogen-bond acceptors (Lipinski definition) is 4. The van der Waals surface area contributed by atoms with E-state index in [4.69, 9.17) is 11.6 Å². The third kappa shape index (κ3) is 3.95. The van der Waals surface area contributed by atoms with E-state index in [-0.39, 0.29) is 18.4 Å². The average molecular weight is 337 g/mol. The zero-order chi connectivity index (χ0) is 16.2. The minimum atomic E-state index is -0.0758. The molecule has 0 spiro atoms. The van der Waals surface area contributed by atoms with Crippen molar-refractivity contribution in [3.8, 4) is 0 Å². The van der Waals surface area contributed by atoms with Gasteiger partial charge in [0.25, 0.3) is 0 Å². The minimum absolute atomic E-state index is 0.0334. The van der Waals surface area contributed by atoms with Gasteiger partial charge < -0.3 is 15.1 Å². The van der Waals surface area contributed by atoms with Gasteiger partial charge >= 0.3 is 0 Å². The highest BCUT2D eigenvalue weighted by molar-refractivity contribution is 6.33. The summed E-state index contributed by atoms with van der Waals surface area (Å²) < 4.78 is 0. The molecule has 1 aromatic rings. The number of rotatable bonds is 3. The van der Waals surface area contributed by atoms with E-state index < -0.39 is 0 Å². The van der Waals surface area contributed by atoms with E-state index in [2.05, 4.69) is 15.1 Å². The van der Waals surface area contributed by atoms with Crippen LogP contribution < -0.4 is 10.2 Å². The highest BCUT2D eigenvalue weighted by Crippen LogP contribution is 2.25. The van der Waals surface area contributed by atoms with Crippen LogP contribution in [0.2, 0.25) is 5.02 Å². The van der Waals surface area contributed by atoms with Crippen LogP contribution >= 0.6 is 11.6 Å². The number of benzene rings is 1. The van der Waals surface area contributed by atoms with Crippen LogP contribution in [-0.2, 0) is 9.59 Å². The van der Waals surface area contributed by atoms with Crippen molar-refractivity contribution in [3.63, 3.8) is 0 Å². The normalized spacial score (nSPS) is 19.6. The van der Waals surface area contributed by atoms with E-state index in [0.717, 1.165) is 36.9 Å². The molecule has 0 radical (unpaired) electrons. The number of nitrogens with one attached hydrogen (secondary N) is 1. The fraction of sp³-hybridized carbons (Fsp3) is 0.500. The molecule has 0 aliphatic carbocycles. The third-order valence-corrected chi connectivity index (χ3v) is 4.63. The maximum Gasteiger partial charge on any atom is 0.239 e. The number of amides is 2. The summed E-state index contributed by atoms with van der Waals surface area (Å²) in [5.41, 5.74) is 1.05. The van der Waals surface area contributed by atoms with Gasteiger partial charge in [-0.05, 0) is 12.1 Å². The lowest BCUT2D eigenvalue weighted by Crippen LogP contribution is -2.54. The Hall–Kier alpha value is -1.79. The van der Waals surface area contributed by atoms with E-state index in [0.29, 0.717) is 19.6 Å². The average Bonchev–Trinajstić information content (AvgIpc) is 2.56. The van der Waals surface area contributed by atoms with E-state index in [1.807, 2.05) is 24.3 Å². The van der Waals surface area contributed by atoms with Gasteiger partial charge in [0.1, 0.15) is 0 Å². The Balaban J connectivity index is 1.50. The predicted octanol–water partition coefficient (Wildman–Crippen LogP) is 0.420. The fourth-order valence-corrected chi connectivity index (χ4v) is 3.25. The number of para-hydroxylation sites is 1. The molecule has 2 aliphatic rings. The standard InChI is InChI=1S/C16H21ClN4O2/c17-13-3-1-2-4-14(13)20-9-7-19(8-10-20)12-16(23)21-6-5-18-15(22)11-21/h1-4H,5-12H2,(H,18,22). The van der Waals surface area contributed by atoms with Crippen LogP contribution in [0.4, 0.5) is 5.69 Å². The molecule has 124 valence electrons. The number of carbonyl (C=O) groups excluding carboxylic acids is 2. The summed E-state index contributed by atoms with van der Waals surface area (Å²) in [6.45, 7) is 5.03. The van der Waals surface area contributed by atoms with E-state index in [1.165, 1.54) is 0 Å². The molecule has 2 aliphatic heterocycles. The summed E-state index contributed by atoms with van der Waals surface area (Å²) in [5.74, 6) is -0.0424. The van der Waals surface area contributed by atoms with Crippen LogP contribution in [0.25, 0.3) is 0 Å². The van der Waals surface area contributed by atoms with Gasteiger partial charge in [0.2, 0.25) is 11.8 Å². The lowest BCUT2D eigenvalue weighted by Gasteiger charge is -2.37. The second-order valence-corrected chi connectivity index (χ2v) is 6.29. The maximum atomic E-state index is 12.3. The van der Waals surface area contributed by atoms with Crippen molar-refractivity contribution in [2.45, 2.75) is 0 Å². The Labute approximate surface area is 141 Å². The Kier molecular flexibility index (Phi) is 5.03. The van der Waals surface area contributed by atoms with E-state index in [1.54, 1.807) is 4.90 Å². The molecule has 7 heteroatoms. The Morgan fingerprint density at radius 3 is 2.57 bits per heavy atom. The third-order valence-electron chi connectivity index (χ3n) is 4.32. The summed E-state index contributed by atoms with van der Waals surface area (Å²) in [7, 11) is 0. The van der Waals surface area contributed by atoms with Gasteiger partial charge in [-0.1, -0.05) is 23.7 Å². The molecule has 1 N–H and O–H groups in total. The number of carbonyl (C=O) groups is 2. The van der Waals surface area contributed by atoms with Gasteiger partial charge in [-0.3, -0.25) is 14.5 Å². The molecule has 3 rings (SSSR count). The first kappa shape index (κ1) is 16.1. The van der Waals surface area contributed by atoms with Crippen molar-refractivity contribution in [1.82, 2.24) is 15.1 Å². The summed E-state index contributed by atoms with van der Waals surface area (Å²) in [6.07, 6.45) is 0. The largest absolute Gasteiger partial charge is 0.368 e. The molecule has 0 saturated carbocycles. The van der Waals surface area contributed by atoms with Crippen LogP contribution in [0.3, 0.4) is 0 Å².